The summed E-state index contributed by atoms with van der Waals surface area (Å²) in [6, 6.07) is 10.3. The highest BCUT2D eigenvalue weighted by Crippen LogP contribution is 2.26. The molecule has 0 bridgehead atoms. The van der Waals surface area contributed by atoms with Crippen LogP contribution in [-0.2, 0) is 0 Å². The molecule has 0 atom stereocenters. The molecule has 0 fully saturated rings. The summed E-state index contributed by atoms with van der Waals surface area (Å²) < 4.78 is 0. The highest BCUT2D eigenvalue weighted by Gasteiger charge is 2.18. The second-order valence-corrected chi connectivity index (χ2v) is 5.94. The number of para-hydroxylation sites is 1. The van der Waals surface area contributed by atoms with Crippen molar-refractivity contribution in [1.29, 1.82) is 0 Å². The van der Waals surface area contributed by atoms with Crippen molar-refractivity contribution in [2.24, 2.45) is 0 Å². The molecule has 0 unspecified atom stereocenters. The fourth-order valence-corrected chi connectivity index (χ4v) is 2.44. The zero-order valence-corrected chi connectivity index (χ0v) is 14.9. The van der Waals surface area contributed by atoms with E-state index in [-0.39, 0.29) is 22.2 Å². The predicted octanol–water partition coefficient (Wildman–Crippen LogP) is 4.03. The summed E-state index contributed by atoms with van der Waals surface area (Å²) in [6.45, 7) is 2.56. The van der Waals surface area contributed by atoms with E-state index in [1.165, 1.54) is 12.1 Å². The van der Waals surface area contributed by atoms with Gasteiger partial charge in [-0.1, -0.05) is 37.1 Å². The molecule has 26 heavy (non-hydrogen) atoms. The number of hydrogen-bond acceptors (Lipinski definition) is 4. The second-order valence-electron chi connectivity index (χ2n) is 5.53. The third-order valence-corrected chi connectivity index (χ3v) is 3.96. The number of nitrogens with one attached hydrogen (secondary N) is 2. The van der Waals surface area contributed by atoms with Crippen LogP contribution >= 0.6 is 11.6 Å². The molecule has 2 aromatic rings. The molecule has 2 rings (SSSR count). The summed E-state index contributed by atoms with van der Waals surface area (Å²) in [4.78, 5) is 35.0. The van der Waals surface area contributed by atoms with Gasteiger partial charge in [-0.15, -0.1) is 0 Å². The summed E-state index contributed by atoms with van der Waals surface area (Å²) in [5.41, 5.74) is 0.358. The number of benzene rings is 2. The lowest BCUT2D eigenvalue weighted by Crippen LogP contribution is -2.26. The number of nitro groups is 1. The average Bonchev–Trinajstić information content (AvgIpc) is 2.62. The van der Waals surface area contributed by atoms with Gasteiger partial charge in [0, 0.05) is 18.2 Å². The van der Waals surface area contributed by atoms with E-state index in [1.807, 2.05) is 6.92 Å². The Morgan fingerprint density at radius 1 is 1.15 bits per heavy atom. The molecule has 8 heteroatoms. The van der Waals surface area contributed by atoms with Crippen LogP contribution < -0.4 is 10.6 Å². The quantitative estimate of drug-likeness (QED) is 0.433. The van der Waals surface area contributed by atoms with Crippen LogP contribution in [0.4, 0.5) is 11.4 Å². The van der Waals surface area contributed by atoms with Crippen molar-refractivity contribution in [3.63, 3.8) is 0 Å². The van der Waals surface area contributed by atoms with Gasteiger partial charge in [-0.25, -0.2) is 0 Å². The van der Waals surface area contributed by atoms with Crippen LogP contribution in [0.1, 0.15) is 40.5 Å². The van der Waals surface area contributed by atoms with Crippen molar-refractivity contribution in [3.05, 3.63) is 68.7 Å². The van der Waals surface area contributed by atoms with Gasteiger partial charge in [0.2, 0.25) is 0 Å². The molecular formula is C18H18ClN3O4. The molecule has 2 amide bonds. The van der Waals surface area contributed by atoms with Gasteiger partial charge in [0.05, 0.1) is 16.2 Å². The number of anilines is 1. The van der Waals surface area contributed by atoms with Gasteiger partial charge >= 0.3 is 0 Å². The van der Waals surface area contributed by atoms with Crippen molar-refractivity contribution in [2.75, 3.05) is 11.9 Å². The minimum Gasteiger partial charge on any atom is -0.352 e. The molecule has 0 aliphatic carbocycles. The first-order valence-electron chi connectivity index (χ1n) is 8.06. The lowest BCUT2D eigenvalue weighted by Gasteiger charge is -2.11. The third kappa shape index (κ3) is 4.80. The van der Waals surface area contributed by atoms with Crippen LogP contribution in [-0.4, -0.2) is 23.3 Å². The Bertz CT molecular complexity index is 839. The monoisotopic (exact) mass is 375 g/mol. The molecule has 0 spiro atoms. The summed E-state index contributed by atoms with van der Waals surface area (Å²) in [7, 11) is 0. The van der Waals surface area contributed by atoms with E-state index in [2.05, 4.69) is 10.6 Å². The van der Waals surface area contributed by atoms with Crippen LogP contribution in [0, 0.1) is 10.1 Å². The largest absolute Gasteiger partial charge is 0.352 e. The minimum atomic E-state index is -0.658. The number of hydrogen-bond donors (Lipinski definition) is 2. The standard InChI is InChI=1S/C18H18ClN3O4/c1-2-3-10-20-18(24)13-6-4-5-7-15(13)21-17(23)12-8-9-14(19)16(11-12)22(25)26/h4-9,11H,2-3,10H2,1H3,(H,20,24)(H,21,23). The molecule has 0 aromatic heterocycles. The number of nitrogens with zero attached hydrogens (tertiary/aromatic N) is 1. The summed E-state index contributed by atoms with van der Waals surface area (Å²) >= 11 is 5.76. The minimum absolute atomic E-state index is 0.0535. The van der Waals surface area contributed by atoms with Crippen LogP contribution in [0.2, 0.25) is 5.02 Å². The Labute approximate surface area is 155 Å². The van der Waals surface area contributed by atoms with E-state index in [9.17, 15) is 19.7 Å². The van der Waals surface area contributed by atoms with Crippen molar-refractivity contribution >= 4 is 34.8 Å². The van der Waals surface area contributed by atoms with E-state index in [1.54, 1.807) is 24.3 Å². The van der Waals surface area contributed by atoms with Gasteiger partial charge in [-0.05, 0) is 30.7 Å². The molecule has 0 heterocycles. The van der Waals surface area contributed by atoms with Crippen LogP contribution in [0.25, 0.3) is 0 Å². The maximum atomic E-state index is 12.4. The van der Waals surface area contributed by atoms with Crippen LogP contribution in [0.5, 0.6) is 0 Å². The number of amides is 2. The van der Waals surface area contributed by atoms with Gasteiger partial charge in [0.15, 0.2) is 0 Å². The Kier molecular flexibility index (Phi) is 6.68. The molecule has 0 aliphatic heterocycles. The molecule has 2 N–H and O–H groups in total. The fraction of sp³-hybridized carbons (Fsp3) is 0.222. The molecule has 2 aromatic carbocycles. The van der Waals surface area contributed by atoms with E-state index >= 15 is 0 Å². The molecule has 7 nitrogen and oxygen atoms in total. The Morgan fingerprint density at radius 3 is 2.58 bits per heavy atom. The van der Waals surface area contributed by atoms with Gasteiger partial charge in [-0.2, -0.15) is 0 Å². The van der Waals surface area contributed by atoms with Crippen molar-refractivity contribution in [1.82, 2.24) is 5.32 Å². The molecule has 0 saturated carbocycles. The number of halogens is 1. The highest BCUT2D eigenvalue weighted by molar-refractivity contribution is 6.32. The lowest BCUT2D eigenvalue weighted by atomic mass is 10.1. The van der Waals surface area contributed by atoms with Gasteiger partial charge in [0.1, 0.15) is 5.02 Å². The first-order valence-corrected chi connectivity index (χ1v) is 8.44. The zero-order valence-electron chi connectivity index (χ0n) is 14.1. The van der Waals surface area contributed by atoms with Crippen molar-refractivity contribution in [3.8, 4) is 0 Å². The lowest BCUT2D eigenvalue weighted by molar-refractivity contribution is -0.384. The third-order valence-electron chi connectivity index (χ3n) is 3.64. The SMILES string of the molecule is CCCCNC(=O)c1ccccc1NC(=O)c1ccc(Cl)c([N+](=O)[O-])c1. The van der Waals surface area contributed by atoms with Crippen molar-refractivity contribution < 1.29 is 14.5 Å². The maximum absolute atomic E-state index is 12.4. The van der Waals surface area contributed by atoms with E-state index in [0.29, 0.717) is 17.8 Å². The molecular weight excluding hydrogens is 358 g/mol. The van der Waals surface area contributed by atoms with E-state index < -0.39 is 10.8 Å². The van der Waals surface area contributed by atoms with Gasteiger partial charge in [0.25, 0.3) is 17.5 Å². The average molecular weight is 376 g/mol. The molecule has 0 aliphatic rings. The second kappa shape index (κ2) is 8.96. The molecule has 0 radical (unpaired) electrons. The summed E-state index contributed by atoms with van der Waals surface area (Å²) in [5, 5.41) is 16.3. The Hall–Kier alpha value is -2.93. The van der Waals surface area contributed by atoms with E-state index in [0.717, 1.165) is 18.9 Å². The van der Waals surface area contributed by atoms with Crippen LogP contribution in [0.15, 0.2) is 42.5 Å². The first kappa shape index (κ1) is 19.4. The number of unbranched alkanes of at least 4 members (excludes halogenated alkanes) is 1. The first-order chi connectivity index (χ1) is 12.4. The number of rotatable bonds is 7. The van der Waals surface area contributed by atoms with Gasteiger partial charge < -0.3 is 10.6 Å². The highest BCUT2D eigenvalue weighted by atomic mass is 35.5. The normalized spacial score (nSPS) is 10.2. The van der Waals surface area contributed by atoms with E-state index in [4.69, 9.17) is 11.6 Å². The number of carbonyl (C=O) groups excluding carboxylic acids is 2. The fourth-order valence-electron chi connectivity index (χ4n) is 2.25. The summed E-state index contributed by atoms with van der Waals surface area (Å²) in [5.74, 6) is -0.866. The van der Waals surface area contributed by atoms with Crippen molar-refractivity contribution in [2.45, 2.75) is 19.8 Å². The Balaban J connectivity index is 2.21. The molecule has 136 valence electrons. The number of nitro benzene ring substituents is 1. The number of carbonyl (C=O) groups is 2. The van der Waals surface area contributed by atoms with Gasteiger partial charge in [-0.3, -0.25) is 19.7 Å². The maximum Gasteiger partial charge on any atom is 0.288 e. The zero-order chi connectivity index (χ0) is 19.1. The smallest absolute Gasteiger partial charge is 0.288 e. The topological polar surface area (TPSA) is 101 Å². The predicted molar refractivity (Wildman–Crippen MR) is 99.7 cm³/mol. The summed E-state index contributed by atoms with van der Waals surface area (Å²) in [6.07, 6.45) is 1.81. The molecule has 0 saturated heterocycles. The van der Waals surface area contributed by atoms with Crippen LogP contribution in [0.3, 0.4) is 0 Å². The Morgan fingerprint density at radius 2 is 1.88 bits per heavy atom.